The monoisotopic (exact) mass is 403 g/mol. The summed E-state index contributed by atoms with van der Waals surface area (Å²) < 4.78 is 5.73. The highest BCUT2D eigenvalue weighted by molar-refractivity contribution is 5.95. The van der Waals surface area contributed by atoms with Crippen LogP contribution in [0, 0.1) is 0 Å². The van der Waals surface area contributed by atoms with Gasteiger partial charge in [0, 0.05) is 24.3 Å². The highest BCUT2D eigenvalue weighted by atomic mass is 16.5. The molecule has 0 bridgehead atoms. The van der Waals surface area contributed by atoms with Crippen molar-refractivity contribution in [2.75, 3.05) is 18.4 Å². The highest BCUT2D eigenvalue weighted by Crippen LogP contribution is 2.19. The predicted octanol–water partition coefficient (Wildman–Crippen LogP) is 3.60. The number of hydrogen-bond acceptors (Lipinski definition) is 4. The molecule has 0 fully saturated rings. The zero-order chi connectivity index (χ0) is 21.2. The molecule has 3 aromatic carbocycles. The third-order valence-corrected chi connectivity index (χ3v) is 4.48. The molecule has 0 heterocycles. The number of hydrogen-bond donors (Lipinski definition) is 3. The Bertz CT molecular complexity index is 990. The van der Waals surface area contributed by atoms with Crippen molar-refractivity contribution in [1.82, 2.24) is 5.32 Å². The molecule has 4 N–H and O–H groups in total. The van der Waals surface area contributed by atoms with Crippen LogP contribution in [0.15, 0.2) is 78.9 Å². The van der Waals surface area contributed by atoms with E-state index in [-0.39, 0.29) is 12.5 Å². The molecule has 30 heavy (non-hydrogen) atoms. The van der Waals surface area contributed by atoms with Crippen LogP contribution in [0.5, 0.6) is 5.75 Å². The third kappa shape index (κ3) is 6.10. The molecule has 0 aromatic heterocycles. The number of primary amides is 1. The lowest BCUT2D eigenvalue weighted by Gasteiger charge is -2.11. The van der Waals surface area contributed by atoms with E-state index in [9.17, 15) is 9.59 Å². The first-order chi connectivity index (χ1) is 14.6. The molecule has 0 unspecified atom stereocenters. The van der Waals surface area contributed by atoms with Crippen molar-refractivity contribution in [1.29, 1.82) is 0 Å². The van der Waals surface area contributed by atoms with Gasteiger partial charge < -0.3 is 21.1 Å². The molecule has 0 aliphatic heterocycles. The molecule has 154 valence electrons. The zero-order valence-electron chi connectivity index (χ0n) is 16.6. The van der Waals surface area contributed by atoms with Crippen LogP contribution in [0.2, 0.25) is 0 Å². The number of amides is 2. The Morgan fingerprint density at radius 3 is 2.43 bits per heavy atom. The van der Waals surface area contributed by atoms with E-state index in [0.29, 0.717) is 23.4 Å². The highest BCUT2D eigenvalue weighted by Gasteiger charge is 2.10. The number of anilines is 1. The summed E-state index contributed by atoms with van der Waals surface area (Å²) in [6.45, 7) is 1.58. The van der Waals surface area contributed by atoms with Crippen LogP contribution in [0.1, 0.15) is 32.7 Å². The van der Waals surface area contributed by atoms with E-state index >= 15 is 0 Å². The van der Waals surface area contributed by atoms with Gasteiger partial charge in [-0.15, -0.1) is 0 Å². The van der Waals surface area contributed by atoms with Crippen LogP contribution < -0.4 is 21.1 Å². The van der Waals surface area contributed by atoms with Gasteiger partial charge in [-0.05, 0) is 48.4 Å². The van der Waals surface area contributed by atoms with Gasteiger partial charge in [-0.3, -0.25) is 9.59 Å². The Balaban J connectivity index is 1.47. The lowest BCUT2D eigenvalue weighted by Crippen LogP contribution is -2.26. The Hall–Kier alpha value is -3.80. The molecule has 0 aliphatic carbocycles. The number of benzene rings is 3. The van der Waals surface area contributed by atoms with E-state index in [0.717, 1.165) is 24.2 Å². The van der Waals surface area contributed by atoms with Gasteiger partial charge in [0.1, 0.15) is 12.4 Å². The fourth-order valence-electron chi connectivity index (χ4n) is 2.94. The standard InChI is InChI=1S/C24H25N3O3/c25-23(28)21-12-4-5-13-22(21)30-17-18-8-6-9-19(16-18)24(29)27-15-7-14-26-20-10-2-1-3-11-20/h1-6,8-13,16,26H,7,14-15,17H2,(H2,25,28)(H,27,29). The van der Waals surface area contributed by atoms with E-state index in [4.69, 9.17) is 10.5 Å². The third-order valence-electron chi connectivity index (χ3n) is 4.48. The van der Waals surface area contributed by atoms with Crippen LogP contribution in [0.4, 0.5) is 5.69 Å². The van der Waals surface area contributed by atoms with Crippen LogP contribution >= 0.6 is 0 Å². The number of para-hydroxylation sites is 2. The maximum Gasteiger partial charge on any atom is 0.252 e. The largest absolute Gasteiger partial charge is 0.488 e. The van der Waals surface area contributed by atoms with E-state index in [1.165, 1.54) is 0 Å². The smallest absolute Gasteiger partial charge is 0.252 e. The van der Waals surface area contributed by atoms with Gasteiger partial charge in [-0.2, -0.15) is 0 Å². The number of nitrogens with two attached hydrogens (primary N) is 1. The van der Waals surface area contributed by atoms with Gasteiger partial charge in [0.2, 0.25) is 0 Å². The first-order valence-electron chi connectivity index (χ1n) is 9.81. The molecule has 0 atom stereocenters. The Morgan fingerprint density at radius 2 is 1.63 bits per heavy atom. The number of carbonyl (C=O) groups excluding carboxylic acids is 2. The van der Waals surface area contributed by atoms with Gasteiger partial charge in [-0.25, -0.2) is 0 Å². The molecule has 0 spiro atoms. The lowest BCUT2D eigenvalue weighted by molar-refractivity contribution is 0.0952. The first-order valence-corrected chi connectivity index (χ1v) is 9.81. The lowest BCUT2D eigenvalue weighted by atomic mass is 10.1. The van der Waals surface area contributed by atoms with Crippen molar-refractivity contribution in [2.24, 2.45) is 5.73 Å². The van der Waals surface area contributed by atoms with E-state index in [1.54, 1.807) is 36.4 Å². The van der Waals surface area contributed by atoms with Crippen molar-refractivity contribution in [3.05, 3.63) is 95.6 Å². The van der Waals surface area contributed by atoms with Crippen molar-refractivity contribution < 1.29 is 14.3 Å². The topological polar surface area (TPSA) is 93.5 Å². The minimum atomic E-state index is -0.541. The summed E-state index contributed by atoms with van der Waals surface area (Å²) >= 11 is 0. The number of rotatable bonds is 10. The minimum Gasteiger partial charge on any atom is -0.488 e. The van der Waals surface area contributed by atoms with E-state index < -0.39 is 5.91 Å². The quantitative estimate of drug-likeness (QED) is 0.451. The van der Waals surface area contributed by atoms with Crippen molar-refractivity contribution >= 4 is 17.5 Å². The molecule has 3 rings (SSSR count). The molecule has 0 saturated carbocycles. The number of ether oxygens (including phenoxy) is 1. The summed E-state index contributed by atoms with van der Waals surface area (Å²) in [7, 11) is 0. The summed E-state index contributed by atoms with van der Waals surface area (Å²) in [5.74, 6) is -0.250. The molecule has 6 heteroatoms. The van der Waals surface area contributed by atoms with Crippen LogP contribution in [-0.2, 0) is 6.61 Å². The molecular weight excluding hydrogens is 378 g/mol. The molecule has 0 saturated heterocycles. The van der Waals surface area contributed by atoms with E-state index in [1.807, 2.05) is 42.5 Å². The zero-order valence-corrected chi connectivity index (χ0v) is 16.6. The normalized spacial score (nSPS) is 10.3. The number of nitrogens with one attached hydrogen (secondary N) is 2. The Kier molecular flexibility index (Phi) is 7.44. The van der Waals surface area contributed by atoms with Gasteiger partial charge in [0.15, 0.2) is 0 Å². The first kappa shape index (κ1) is 20.9. The molecule has 2 amide bonds. The fourth-order valence-corrected chi connectivity index (χ4v) is 2.94. The Morgan fingerprint density at radius 1 is 0.867 bits per heavy atom. The predicted molar refractivity (Wildman–Crippen MR) is 118 cm³/mol. The molecule has 3 aromatic rings. The van der Waals surface area contributed by atoms with Crippen molar-refractivity contribution in [2.45, 2.75) is 13.0 Å². The molecular formula is C24H25N3O3. The van der Waals surface area contributed by atoms with Gasteiger partial charge in [0.05, 0.1) is 5.56 Å². The average molecular weight is 403 g/mol. The fraction of sp³-hybridized carbons (Fsp3) is 0.167. The summed E-state index contributed by atoms with van der Waals surface area (Å²) in [4.78, 5) is 23.9. The van der Waals surface area contributed by atoms with Gasteiger partial charge in [-0.1, -0.05) is 42.5 Å². The number of carbonyl (C=O) groups is 2. The second-order valence-electron chi connectivity index (χ2n) is 6.75. The second-order valence-corrected chi connectivity index (χ2v) is 6.75. The van der Waals surface area contributed by atoms with E-state index in [2.05, 4.69) is 10.6 Å². The summed E-state index contributed by atoms with van der Waals surface area (Å²) in [5, 5.41) is 6.24. The maximum atomic E-state index is 12.4. The summed E-state index contributed by atoms with van der Waals surface area (Å²) in [6, 6.07) is 24.0. The SMILES string of the molecule is NC(=O)c1ccccc1OCc1cccc(C(=O)NCCCNc2ccccc2)c1. The molecule has 6 nitrogen and oxygen atoms in total. The van der Waals surface area contributed by atoms with Crippen LogP contribution in [-0.4, -0.2) is 24.9 Å². The summed E-state index contributed by atoms with van der Waals surface area (Å²) in [6.07, 6.45) is 0.813. The summed E-state index contributed by atoms with van der Waals surface area (Å²) in [5.41, 5.74) is 8.16. The molecule has 0 aliphatic rings. The average Bonchev–Trinajstić information content (AvgIpc) is 2.78. The molecule has 0 radical (unpaired) electrons. The van der Waals surface area contributed by atoms with Crippen LogP contribution in [0.25, 0.3) is 0 Å². The second kappa shape index (κ2) is 10.7. The van der Waals surface area contributed by atoms with Gasteiger partial charge >= 0.3 is 0 Å². The van der Waals surface area contributed by atoms with Crippen molar-refractivity contribution in [3.8, 4) is 5.75 Å². The minimum absolute atomic E-state index is 0.130. The van der Waals surface area contributed by atoms with Crippen LogP contribution in [0.3, 0.4) is 0 Å². The Labute approximate surface area is 176 Å². The van der Waals surface area contributed by atoms with Crippen molar-refractivity contribution in [3.63, 3.8) is 0 Å². The maximum absolute atomic E-state index is 12.4. The van der Waals surface area contributed by atoms with Gasteiger partial charge in [0.25, 0.3) is 11.8 Å².